The van der Waals surface area contributed by atoms with Crippen LogP contribution in [0, 0.1) is 12.7 Å². The number of carbonyl (C=O) groups is 1. The Balaban J connectivity index is 1.51. The summed E-state index contributed by atoms with van der Waals surface area (Å²) < 4.78 is 22.8. The molecule has 0 spiro atoms. The quantitative estimate of drug-likeness (QED) is 0.369. The first-order valence-electron chi connectivity index (χ1n) is 10.00. The average molecular weight is 490 g/mol. The van der Waals surface area contributed by atoms with Gasteiger partial charge in [0.05, 0.1) is 11.4 Å². The number of halogens is 3. The first-order valence-corrected chi connectivity index (χ1v) is 11.6. The fourth-order valence-electron chi connectivity index (χ4n) is 4.13. The number of hydrogen-bond acceptors (Lipinski definition) is 4. The second kappa shape index (κ2) is 8.39. The normalized spacial score (nSPS) is 15.8. The number of aryl methyl sites for hydroxylation is 1. The lowest BCUT2D eigenvalue weighted by Crippen LogP contribution is -2.43. The van der Waals surface area contributed by atoms with Crippen molar-refractivity contribution in [3.8, 4) is 5.75 Å². The fraction of sp³-hybridized carbons (Fsp3) is 0.217. The van der Waals surface area contributed by atoms with Gasteiger partial charge >= 0.3 is 0 Å². The summed E-state index contributed by atoms with van der Waals surface area (Å²) in [4.78, 5) is 20.5. The van der Waals surface area contributed by atoms with Crippen LogP contribution in [-0.2, 0) is 11.2 Å². The Kier molecular flexibility index (Phi) is 5.57. The largest absolute Gasteiger partial charge is 0.483 e. The van der Waals surface area contributed by atoms with E-state index < -0.39 is 11.9 Å². The van der Waals surface area contributed by atoms with Crippen molar-refractivity contribution in [2.75, 3.05) is 13.2 Å². The lowest BCUT2D eigenvalue weighted by molar-refractivity contribution is -0.135. The van der Waals surface area contributed by atoms with Crippen molar-refractivity contribution < 1.29 is 13.9 Å². The lowest BCUT2D eigenvalue weighted by Gasteiger charge is -2.36. The topological polar surface area (TPSA) is 46.8 Å². The number of imidazole rings is 1. The summed E-state index contributed by atoms with van der Waals surface area (Å²) in [5.74, 6) is -0.124. The van der Waals surface area contributed by atoms with Gasteiger partial charge in [-0.3, -0.25) is 9.20 Å². The number of nitrogens with zero attached hydrogens (tertiary/aromatic N) is 3. The van der Waals surface area contributed by atoms with E-state index >= 15 is 4.39 Å². The molecule has 1 aliphatic rings. The first kappa shape index (κ1) is 21.2. The minimum atomic E-state index is -0.636. The molecule has 1 amide bonds. The van der Waals surface area contributed by atoms with E-state index in [4.69, 9.17) is 32.9 Å². The van der Waals surface area contributed by atoms with Gasteiger partial charge in [-0.05, 0) is 42.8 Å². The van der Waals surface area contributed by atoms with Gasteiger partial charge in [0.2, 0.25) is 0 Å². The summed E-state index contributed by atoms with van der Waals surface area (Å²) in [6.07, 6.45) is 2.48. The number of benzene rings is 2. The number of ether oxygens (including phenoxy) is 1. The zero-order valence-corrected chi connectivity index (χ0v) is 19.3. The first-order chi connectivity index (χ1) is 15.4. The molecular formula is C23H18Cl2FN3O2S. The Labute approximate surface area is 198 Å². The van der Waals surface area contributed by atoms with Crippen molar-refractivity contribution in [1.29, 1.82) is 0 Å². The number of amides is 1. The van der Waals surface area contributed by atoms with Gasteiger partial charge in [0, 0.05) is 40.2 Å². The third-order valence-corrected chi connectivity index (χ3v) is 6.83. The van der Waals surface area contributed by atoms with Crippen molar-refractivity contribution in [1.82, 2.24) is 14.3 Å². The van der Waals surface area contributed by atoms with Gasteiger partial charge in [-0.2, -0.15) is 0 Å². The SMILES string of the molecule is Cc1cc(Cl)ccc1OCC(=O)N1CCc2nc3sccn3c2C1c1ccc(Cl)cc1F. The molecule has 164 valence electrons. The van der Waals surface area contributed by atoms with Crippen LogP contribution in [0.25, 0.3) is 4.96 Å². The second-order valence-electron chi connectivity index (χ2n) is 7.60. The van der Waals surface area contributed by atoms with Gasteiger partial charge in [-0.15, -0.1) is 11.3 Å². The Hall–Kier alpha value is -2.61. The molecule has 0 saturated carbocycles. The highest BCUT2D eigenvalue weighted by Crippen LogP contribution is 2.38. The van der Waals surface area contributed by atoms with Crippen molar-refractivity contribution in [2.24, 2.45) is 0 Å². The highest BCUT2D eigenvalue weighted by Gasteiger charge is 2.37. The van der Waals surface area contributed by atoms with Gasteiger partial charge in [-0.25, -0.2) is 9.37 Å². The van der Waals surface area contributed by atoms with Crippen LogP contribution in [0.4, 0.5) is 4.39 Å². The molecule has 0 bridgehead atoms. The number of fused-ring (bicyclic) bond motifs is 3. The van der Waals surface area contributed by atoms with Gasteiger partial charge in [-0.1, -0.05) is 29.3 Å². The monoisotopic (exact) mass is 489 g/mol. The molecule has 3 heterocycles. The van der Waals surface area contributed by atoms with Crippen LogP contribution >= 0.6 is 34.5 Å². The average Bonchev–Trinajstić information content (AvgIpc) is 3.34. The number of rotatable bonds is 4. The summed E-state index contributed by atoms with van der Waals surface area (Å²) in [6, 6.07) is 9.13. The van der Waals surface area contributed by atoms with Crippen molar-refractivity contribution in [3.63, 3.8) is 0 Å². The van der Waals surface area contributed by atoms with Crippen LogP contribution in [0.3, 0.4) is 0 Å². The molecule has 0 aliphatic carbocycles. The minimum Gasteiger partial charge on any atom is -0.483 e. The summed E-state index contributed by atoms with van der Waals surface area (Å²) in [5, 5.41) is 2.82. The van der Waals surface area contributed by atoms with Crippen LogP contribution in [0.2, 0.25) is 10.0 Å². The smallest absolute Gasteiger partial charge is 0.261 e. The van der Waals surface area contributed by atoms with Crippen LogP contribution in [0.1, 0.15) is 28.6 Å². The van der Waals surface area contributed by atoms with Gasteiger partial charge in [0.1, 0.15) is 17.6 Å². The molecule has 2 aromatic heterocycles. The van der Waals surface area contributed by atoms with Crippen molar-refractivity contribution in [3.05, 3.63) is 86.4 Å². The summed E-state index contributed by atoms with van der Waals surface area (Å²) in [5.41, 5.74) is 2.88. The van der Waals surface area contributed by atoms with Crippen molar-refractivity contribution >= 4 is 45.4 Å². The molecule has 1 unspecified atom stereocenters. The van der Waals surface area contributed by atoms with E-state index in [0.717, 1.165) is 21.9 Å². The minimum absolute atomic E-state index is 0.172. The molecule has 32 heavy (non-hydrogen) atoms. The highest BCUT2D eigenvalue weighted by molar-refractivity contribution is 7.15. The van der Waals surface area contributed by atoms with Gasteiger partial charge < -0.3 is 9.64 Å². The molecule has 0 fully saturated rings. The number of aromatic nitrogens is 2. The van der Waals surface area contributed by atoms with Crippen LogP contribution in [-0.4, -0.2) is 33.3 Å². The zero-order valence-electron chi connectivity index (χ0n) is 17.0. The molecular weight excluding hydrogens is 472 g/mol. The maximum Gasteiger partial charge on any atom is 0.261 e. The van der Waals surface area contributed by atoms with Crippen LogP contribution in [0.5, 0.6) is 5.75 Å². The summed E-state index contributed by atoms with van der Waals surface area (Å²) in [6.45, 7) is 2.10. The third kappa shape index (κ3) is 3.74. The highest BCUT2D eigenvalue weighted by atomic mass is 35.5. The number of thiazole rings is 1. The number of hydrogen-bond donors (Lipinski definition) is 0. The fourth-order valence-corrected chi connectivity index (χ4v) is 5.25. The van der Waals surface area contributed by atoms with E-state index in [9.17, 15) is 4.79 Å². The van der Waals surface area contributed by atoms with E-state index in [0.29, 0.717) is 34.3 Å². The predicted octanol–water partition coefficient (Wildman–Crippen LogP) is 5.70. The van der Waals surface area contributed by atoms with Crippen molar-refractivity contribution in [2.45, 2.75) is 19.4 Å². The third-order valence-electron chi connectivity index (χ3n) is 5.60. The lowest BCUT2D eigenvalue weighted by atomic mass is 9.95. The molecule has 0 saturated heterocycles. The standard InChI is InChI=1S/C23H18Cl2FN3O2S/c1-13-10-14(24)3-5-19(13)31-12-20(30)28-7-6-18-22(29-8-9-32-23(29)27-18)21(28)16-4-2-15(25)11-17(16)26/h2-5,8-11,21H,6-7,12H2,1H3. The molecule has 4 aromatic rings. The van der Waals surface area contributed by atoms with Gasteiger partial charge in [0.25, 0.3) is 5.91 Å². The summed E-state index contributed by atoms with van der Waals surface area (Å²) >= 11 is 13.5. The molecule has 1 atom stereocenters. The molecule has 9 heteroatoms. The maximum atomic E-state index is 15.0. The Morgan fingerprint density at radius 1 is 1.25 bits per heavy atom. The van der Waals surface area contributed by atoms with Crippen LogP contribution < -0.4 is 4.74 Å². The Morgan fingerprint density at radius 2 is 2.03 bits per heavy atom. The molecule has 1 aliphatic heterocycles. The predicted molar refractivity (Wildman–Crippen MR) is 123 cm³/mol. The molecule has 5 rings (SSSR count). The molecule has 0 N–H and O–H groups in total. The molecule has 5 nitrogen and oxygen atoms in total. The van der Waals surface area contributed by atoms with E-state index in [-0.39, 0.29) is 12.5 Å². The van der Waals surface area contributed by atoms with Crippen LogP contribution in [0.15, 0.2) is 48.0 Å². The molecule has 0 radical (unpaired) electrons. The molecule has 2 aromatic carbocycles. The van der Waals surface area contributed by atoms with Gasteiger partial charge in [0.15, 0.2) is 11.6 Å². The number of carbonyl (C=O) groups excluding carboxylic acids is 1. The summed E-state index contributed by atoms with van der Waals surface area (Å²) in [7, 11) is 0. The maximum absolute atomic E-state index is 15.0. The van der Waals surface area contributed by atoms with E-state index in [1.807, 2.05) is 22.9 Å². The van der Waals surface area contributed by atoms with E-state index in [1.54, 1.807) is 35.2 Å². The second-order valence-corrected chi connectivity index (χ2v) is 9.35. The van der Waals surface area contributed by atoms with E-state index in [2.05, 4.69) is 0 Å². The zero-order chi connectivity index (χ0) is 22.4. The Bertz CT molecular complexity index is 1340. The Morgan fingerprint density at radius 3 is 2.81 bits per heavy atom. The van der Waals surface area contributed by atoms with E-state index in [1.165, 1.54) is 17.4 Å².